The Labute approximate surface area is 112 Å². The summed E-state index contributed by atoms with van der Waals surface area (Å²) in [6.07, 6.45) is 0. The third kappa shape index (κ3) is 1.89. The third-order valence-corrected chi connectivity index (χ3v) is 4.60. The van der Waals surface area contributed by atoms with Crippen LogP contribution in [0, 0.1) is 11.8 Å². The van der Waals surface area contributed by atoms with Crippen LogP contribution in [-0.4, -0.2) is 41.0 Å². The van der Waals surface area contributed by atoms with Crippen molar-refractivity contribution < 1.29 is 4.79 Å². The third-order valence-electron chi connectivity index (χ3n) is 4.60. The SMILES string of the molecule is CC1(C)C2CNCC2CN1C(=O)c1cccc(=O)[nH]1. The average molecular weight is 261 g/mol. The molecule has 0 spiro atoms. The van der Waals surface area contributed by atoms with Crippen LogP contribution in [0.2, 0.25) is 0 Å². The molecular weight excluding hydrogens is 242 g/mol. The van der Waals surface area contributed by atoms with Crippen LogP contribution in [0.5, 0.6) is 0 Å². The number of nitrogens with zero attached hydrogens (tertiary/aromatic N) is 1. The number of aromatic nitrogens is 1. The number of nitrogens with one attached hydrogen (secondary N) is 2. The predicted molar refractivity (Wildman–Crippen MR) is 72.0 cm³/mol. The summed E-state index contributed by atoms with van der Waals surface area (Å²) in [5.74, 6) is 0.943. The molecule has 2 unspecified atom stereocenters. The van der Waals surface area contributed by atoms with E-state index >= 15 is 0 Å². The molecule has 2 aliphatic rings. The van der Waals surface area contributed by atoms with Gasteiger partial charge in [0, 0.05) is 31.2 Å². The number of carbonyl (C=O) groups excluding carboxylic acids is 1. The molecule has 2 fully saturated rings. The number of carbonyl (C=O) groups is 1. The molecule has 1 aromatic heterocycles. The number of fused-ring (bicyclic) bond motifs is 1. The molecule has 3 rings (SSSR count). The predicted octanol–water partition coefficient (Wildman–Crippen LogP) is 0.445. The number of rotatable bonds is 1. The van der Waals surface area contributed by atoms with Crippen molar-refractivity contribution in [2.75, 3.05) is 19.6 Å². The van der Waals surface area contributed by atoms with Gasteiger partial charge in [-0.3, -0.25) is 9.59 Å². The Morgan fingerprint density at radius 3 is 2.84 bits per heavy atom. The molecule has 102 valence electrons. The highest BCUT2D eigenvalue weighted by molar-refractivity contribution is 5.93. The quantitative estimate of drug-likeness (QED) is 0.771. The van der Waals surface area contributed by atoms with Crippen molar-refractivity contribution in [2.45, 2.75) is 19.4 Å². The fourth-order valence-corrected chi connectivity index (χ4v) is 3.48. The minimum absolute atomic E-state index is 0.0721. The van der Waals surface area contributed by atoms with Crippen molar-refractivity contribution in [3.8, 4) is 0 Å². The van der Waals surface area contributed by atoms with Crippen molar-refractivity contribution in [2.24, 2.45) is 11.8 Å². The zero-order valence-corrected chi connectivity index (χ0v) is 11.3. The highest BCUT2D eigenvalue weighted by Crippen LogP contribution is 2.40. The number of amides is 1. The fourth-order valence-electron chi connectivity index (χ4n) is 3.48. The van der Waals surface area contributed by atoms with Crippen LogP contribution < -0.4 is 10.9 Å². The summed E-state index contributed by atoms with van der Waals surface area (Å²) in [4.78, 5) is 28.4. The second kappa shape index (κ2) is 4.20. The minimum atomic E-state index is -0.232. The van der Waals surface area contributed by atoms with Crippen LogP contribution in [0.15, 0.2) is 23.0 Å². The summed E-state index contributed by atoms with van der Waals surface area (Å²) in [6, 6.07) is 4.72. The van der Waals surface area contributed by atoms with Gasteiger partial charge in [-0.05, 0) is 31.7 Å². The Hall–Kier alpha value is -1.62. The highest BCUT2D eigenvalue weighted by atomic mass is 16.2. The van der Waals surface area contributed by atoms with Crippen LogP contribution >= 0.6 is 0 Å². The standard InChI is InChI=1S/C14H19N3O2/c1-14(2)10-7-15-6-9(10)8-17(14)13(19)11-4-3-5-12(18)16-11/h3-5,9-10,15H,6-8H2,1-2H3,(H,16,18). The van der Waals surface area contributed by atoms with E-state index in [0.717, 1.165) is 19.6 Å². The molecule has 0 bridgehead atoms. The van der Waals surface area contributed by atoms with Gasteiger partial charge in [0.05, 0.1) is 0 Å². The Kier molecular flexibility index (Phi) is 2.74. The zero-order chi connectivity index (χ0) is 13.6. The Morgan fingerprint density at radius 2 is 2.16 bits per heavy atom. The summed E-state index contributed by atoms with van der Waals surface area (Å²) < 4.78 is 0. The van der Waals surface area contributed by atoms with E-state index in [1.165, 1.54) is 6.07 Å². The van der Waals surface area contributed by atoms with Gasteiger partial charge < -0.3 is 15.2 Å². The van der Waals surface area contributed by atoms with E-state index in [-0.39, 0.29) is 17.0 Å². The highest BCUT2D eigenvalue weighted by Gasteiger charge is 2.51. The van der Waals surface area contributed by atoms with Crippen LogP contribution in [0.4, 0.5) is 0 Å². The van der Waals surface area contributed by atoms with E-state index < -0.39 is 0 Å². The smallest absolute Gasteiger partial charge is 0.270 e. The molecule has 0 aromatic carbocycles. The number of pyridine rings is 1. The lowest BCUT2D eigenvalue weighted by Gasteiger charge is -2.35. The lowest BCUT2D eigenvalue weighted by molar-refractivity contribution is 0.0597. The molecule has 0 saturated carbocycles. The molecular formula is C14H19N3O2. The maximum atomic E-state index is 12.6. The van der Waals surface area contributed by atoms with Gasteiger partial charge in [0.15, 0.2) is 0 Å². The number of hydrogen-bond donors (Lipinski definition) is 2. The summed E-state index contributed by atoms with van der Waals surface area (Å²) in [7, 11) is 0. The van der Waals surface area contributed by atoms with Gasteiger partial charge in [0.1, 0.15) is 5.69 Å². The van der Waals surface area contributed by atoms with Gasteiger partial charge in [-0.2, -0.15) is 0 Å². The topological polar surface area (TPSA) is 65.2 Å². The van der Waals surface area contributed by atoms with Gasteiger partial charge >= 0.3 is 0 Å². The Morgan fingerprint density at radius 1 is 1.37 bits per heavy atom. The fraction of sp³-hybridized carbons (Fsp3) is 0.571. The lowest BCUT2D eigenvalue weighted by Crippen LogP contribution is -2.48. The minimum Gasteiger partial charge on any atom is -0.332 e. The van der Waals surface area contributed by atoms with Crippen LogP contribution in [-0.2, 0) is 0 Å². The largest absolute Gasteiger partial charge is 0.332 e. The molecule has 2 saturated heterocycles. The van der Waals surface area contributed by atoms with Crippen molar-refractivity contribution in [1.29, 1.82) is 0 Å². The molecule has 5 heteroatoms. The number of hydrogen-bond acceptors (Lipinski definition) is 3. The van der Waals surface area contributed by atoms with Crippen molar-refractivity contribution in [3.63, 3.8) is 0 Å². The summed E-state index contributed by atoms with van der Waals surface area (Å²) in [5.41, 5.74) is -0.0175. The van der Waals surface area contributed by atoms with Gasteiger partial charge in [-0.15, -0.1) is 0 Å². The van der Waals surface area contributed by atoms with Crippen molar-refractivity contribution in [3.05, 3.63) is 34.2 Å². The van der Waals surface area contributed by atoms with Crippen molar-refractivity contribution in [1.82, 2.24) is 15.2 Å². The second-order valence-corrected chi connectivity index (χ2v) is 6.02. The number of likely N-dealkylation sites (tertiary alicyclic amines) is 1. The first-order valence-electron chi connectivity index (χ1n) is 6.72. The van der Waals surface area contributed by atoms with E-state index in [1.54, 1.807) is 12.1 Å². The van der Waals surface area contributed by atoms with E-state index in [2.05, 4.69) is 24.1 Å². The maximum Gasteiger partial charge on any atom is 0.270 e. The first-order chi connectivity index (χ1) is 9.00. The van der Waals surface area contributed by atoms with E-state index in [9.17, 15) is 9.59 Å². The van der Waals surface area contributed by atoms with Gasteiger partial charge in [0.25, 0.3) is 5.91 Å². The molecule has 3 heterocycles. The van der Waals surface area contributed by atoms with E-state index in [4.69, 9.17) is 0 Å². The molecule has 0 aliphatic carbocycles. The van der Waals surface area contributed by atoms with Crippen molar-refractivity contribution >= 4 is 5.91 Å². The Bertz CT molecular complexity index is 564. The molecule has 5 nitrogen and oxygen atoms in total. The molecule has 2 N–H and O–H groups in total. The average Bonchev–Trinajstić information content (AvgIpc) is 2.91. The van der Waals surface area contributed by atoms with Gasteiger partial charge in [-0.25, -0.2) is 0 Å². The monoisotopic (exact) mass is 261 g/mol. The van der Waals surface area contributed by atoms with Crippen LogP contribution in [0.25, 0.3) is 0 Å². The van der Waals surface area contributed by atoms with Gasteiger partial charge in [-0.1, -0.05) is 6.07 Å². The molecule has 1 amide bonds. The first-order valence-corrected chi connectivity index (χ1v) is 6.72. The maximum absolute atomic E-state index is 12.6. The molecule has 1 aromatic rings. The van der Waals surface area contributed by atoms with E-state index in [1.807, 2.05) is 4.90 Å². The van der Waals surface area contributed by atoms with E-state index in [0.29, 0.717) is 17.5 Å². The normalized spacial score (nSPS) is 28.4. The summed E-state index contributed by atoms with van der Waals surface area (Å²) in [5, 5.41) is 3.39. The molecule has 2 atom stereocenters. The zero-order valence-electron chi connectivity index (χ0n) is 11.3. The lowest BCUT2D eigenvalue weighted by atomic mass is 9.85. The number of H-pyrrole nitrogens is 1. The number of aromatic amines is 1. The summed E-state index contributed by atoms with van der Waals surface area (Å²) in [6.45, 7) is 6.93. The van der Waals surface area contributed by atoms with Gasteiger partial charge in [0.2, 0.25) is 5.56 Å². The second-order valence-electron chi connectivity index (χ2n) is 6.02. The Balaban J connectivity index is 1.91. The van der Waals surface area contributed by atoms with Crippen LogP contribution in [0.3, 0.4) is 0 Å². The first kappa shape index (κ1) is 12.4. The molecule has 2 aliphatic heterocycles. The molecule has 19 heavy (non-hydrogen) atoms. The molecule has 0 radical (unpaired) electrons. The van der Waals surface area contributed by atoms with Crippen LogP contribution in [0.1, 0.15) is 24.3 Å². The summed E-state index contributed by atoms with van der Waals surface area (Å²) >= 11 is 0.